The quantitative estimate of drug-likeness (QED) is 0.724. The number of ether oxygens (including phenoxy) is 1. The van der Waals surface area contributed by atoms with Crippen LogP contribution in [0.1, 0.15) is 24.4 Å². The summed E-state index contributed by atoms with van der Waals surface area (Å²) in [4.78, 5) is 0. The Morgan fingerprint density at radius 3 is 2.79 bits per heavy atom. The molecule has 1 aliphatic rings. The van der Waals surface area contributed by atoms with Gasteiger partial charge in [-0.25, -0.2) is 4.39 Å². The predicted octanol–water partition coefficient (Wildman–Crippen LogP) is 2.28. The third kappa shape index (κ3) is 1.75. The van der Waals surface area contributed by atoms with Crippen LogP contribution in [0.2, 0.25) is 0 Å². The molecule has 0 spiro atoms. The standard InChI is InChI=1S/C10H12FNO.ClH/c1-10(12)6-13-9(11)7-4-2-3-5-8(7)10;/h2-5,9H,6,12H2,1H3;1H. The third-order valence-corrected chi connectivity index (χ3v) is 2.35. The van der Waals surface area contributed by atoms with Crippen LogP contribution >= 0.6 is 12.4 Å². The van der Waals surface area contributed by atoms with Crippen LogP contribution in [0.15, 0.2) is 24.3 Å². The highest BCUT2D eigenvalue weighted by Crippen LogP contribution is 2.35. The highest BCUT2D eigenvalue weighted by Gasteiger charge is 2.33. The van der Waals surface area contributed by atoms with Gasteiger partial charge in [-0.3, -0.25) is 0 Å². The first-order chi connectivity index (χ1) is 6.11. The minimum atomic E-state index is -1.33. The molecule has 2 unspecified atom stereocenters. The molecule has 0 aliphatic carbocycles. The molecule has 2 nitrogen and oxygen atoms in total. The molecule has 1 aromatic rings. The zero-order chi connectivity index (χ0) is 9.47. The van der Waals surface area contributed by atoms with Crippen molar-refractivity contribution in [3.63, 3.8) is 0 Å². The summed E-state index contributed by atoms with van der Waals surface area (Å²) in [6, 6.07) is 7.22. The molecule has 0 saturated heterocycles. The van der Waals surface area contributed by atoms with Crippen molar-refractivity contribution >= 4 is 12.4 Å². The van der Waals surface area contributed by atoms with Crippen LogP contribution in [0.4, 0.5) is 4.39 Å². The summed E-state index contributed by atoms with van der Waals surface area (Å²) in [5, 5.41) is 0. The van der Waals surface area contributed by atoms with Gasteiger partial charge in [0.1, 0.15) is 0 Å². The van der Waals surface area contributed by atoms with Gasteiger partial charge in [0.05, 0.1) is 12.1 Å². The van der Waals surface area contributed by atoms with Crippen molar-refractivity contribution in [1.82, 2.24) is 0 Å². The second-order valence-electron chi connectivity index (χ2n) is 3.63. The van der Waals surface area contributed by atoms with Crippen LogP contribution in [0, 0.1) is 0 Å². The molecule has 4 heteroatoms. The van der Waals surface area contributed by atoms with Crippen LogP contribution in [0.25, 0.3) is 0 Å². The maximum Gasteiger partial charge on any atom is 0.225 e. The molecule has 78 valence electrons. The number of halogens is 2. The molecule has 2 N–H and O–H groups in total. The molecular weight excluding hydrogens is 205 g/mol. The Morgan fingerprint density at radius 2 is 2.14 bits per heavy atom. The van der Waals surface area contributed by atoms with E-state index >= 15 is 0 Å². The Kier molecular flexibility index (Phi) is 3.14. The lowest BCUT2D eigenvalue weighted by Gasteiger charge is -2.33. The lowest BCUT2D eigenvalue weighted by atomic mass is 9.88. The number of rotatable bonds is 0. The molecule has 0 radical (unpaired) electrons. The SMILES string of the molecule is CC1(N)COC(F)c2ccccc21.Cl. The van der Waals surface area contributed by atoms with Crippen LogP contribution in [-0.4, -0.2) is 6.61 Å². The molecule has 1 aromatic carbocycles. The number of hydrogen-bond donors (Lipinski definition) is 1. The summed E-state index contributed by atoms with van der Waals surface area (Å²) in [5.74, 6) is 0. The zero-order valence-corrected chi connectivity index (χ0v) is 8.68. The highest BCUT2D eigenvalue weighted by atomic mass is 35.5. The summed E-state index contributed by atoms with van der Waals surface area (Å²) in [7, 11) is 0. The maximum atomic E-state index is 13.2. The molecule has 0 fully saturated rings. The molecule has 0 saturated carbocycles. The van der Waals surface area contributed by atoms with Gasteiger partial charge in [-0.1, -0.05) is 24.3 Å². The molecule has 2 atom stereocenters. The lowest BCUT2D eigenvalue weighted by molar-refractivity contribution is -0.0751. The van der Waals surface area contributed by atoms with E-state index < -0.39 is 11.9 Å². The van der Waals surface area contributed by atoms with Gasteiger partial charge in [0.15, 0.2) is 0 Å². The molecule has 1 heterocycles. The van der Waals surface area contributed by atoms with Crippen LogP contribution in [0.5, 0.6) is 0 Å². The maximum absolute atomic E-state index is 13.2. The number of hydrogen-bond acceptors (Lipinski definition) is 2. The predicted molar refractivity (Wildman–Crippen MR) is 55.0 cm³/mol. The van der Waals surface area contributed by atoms with Crippen LogP contribution in [-0.2, 0) is 10.3 Å². The van der Waals surface area contributed by atoms with Gasteiger partial charge >= 0.3 is 0 Å². The molecule has 0 amide bonds. The van der Waals surface area contributed by atoms with Crippen molar-refractivity contribution in [3.8, 4) is 0 Å². The largest absolute Gasteiger partial charge is 0.342 e. The summed E-state index contributed by atoms with van der Waals surface area (Å²) < 4.78 is 18.2. The number of nitrogens with two attached hydrogens (primary N) is 1. The van der Waals surface area contributed by atoms with Gasteiger partial charge in [0.25, 0.3) is 0 Å². The zero-order valence-electron chi connectivity index (χ0n) is 7.87. The molecule has 0 bridgehead atoms. The Balaban J connectivity index is 0.000000980. The topological polar surface area (TPSA) is 35.2 Å². The van der Waals surface area contributed by atoms with Gasteiger partial charge in [0, 0.05) is 5.56 Å². The van der Waals surface area contributed by atoms with E-state index in [0.717, 1.165) is 5.56 Å². The average Bonchev–Trinajstić information content (AvgIpc) is 2.13. The number of fused-ring (bicyclic) bond motifs is 1. The van der Waals surface area contributed by atoms with Crippen LogP contribution < -0.4 is 5.73 Å². The monoisotopic (exact) mass is 217 g/mol. The summed E-state index contributed by atoms with van der Waals surface area (Å²) in [6.45, 7) is 2.07. The Hall–Kier alpha value is -0.640. The van der Waals surface area contributed by atoms with Crippen molar-refractivity contribution in [2.75, 3.05) is 6.61 Å². The van der Waals surface area contributed by atoms with E-state index in [9.17, 15) is 4.39 Å². The van der Waals surface area contributed by atoms with E-state index in [2.05, 4.69) is 0 Å². The first kappa shape index (κ1) is 11.4. The summed E-state index contributed by atoms with van der Waals surface area (Å²) in [5.41, 5.74) is 6.79. The Bertz CT molecular complexity index is 330. The minimum absolute atomic E-state index is 0. The van der Waals surface area contributed by atoms with E-state index in [1.54, 1.807) is 12.1 Å². The Labute approximate surface area is 88.7 Å². The summed E-state index contributed by atoms with van der Waals surface area (Å²) >= 11 is 0. The fraction of sp³-hybridized carbons (Fsp3) is 0.400. The molecule has 0 aromatic heterocycles. The Morgan fingerprint density at radius 1 is 1.50 bits per heavy atom. The van der Waals surface area contributed by atoms with Gasteiger partial charge in [-0.2, -0.15) is 0 Å². The van der Waals surface area contributed by atoms with Crippen molar-refractivity contribution in [2.24, 2.45) is 5.73 Å². The van der Waals surface area contributed by atoms with Crippen molar-refractivity contribution < 1.29 is 9.13 Å². The fourth-order valence-electron chi connectivity index (χ4n) is 1.63. The first-order valence-electron chi connectivity index (χ1n) is 4.25. The molecule has 1 aliphatic heterocycles. The van der Waals surface area contributed by atoms with Gasteiger partial charge in [-0.15, -0.1) is 12.4 Å². The van der Waals surface area contributed by atoms with Crippen molar-refractivity contribution in [1.29, 1.82) is 0 Å². The number of benzene rings is 1. The van der Waals surface area contributed by atoms with Gasteiger partial charge in [0.2, 0.25) is 6.36 Å². The smallest absolute Gasteiger partial charge is 0.225 e. The van der Waals surface area contributed by atoms with Crippen molar-refractivity contribution in [3.05, 3.63) is 35.4 Å². The minimum Gasteiger partial charge on any atom is -0.342 e. The molecule has 14 heavy (non-hydrogen) atoms. The molecule has 2 rings (SSSR count). The normalized spacial score (nSPS) is 30.4. The van der Waals surface area contributed by atoms with Gasteiger partial charge < -0.3 is 10.5 Å². The van der Waals surface area contributed by atoms with E-state index in [4.69, 9.17) is 10.5 Å². The third-order valence-electron chi connectivity index (χ3n) is 2.35. The molecular formula is C10H13ClFNO. The first-order valence-corrected chi connectivity index (χ1v) is 4.25. The second-order valence-corrected chi connectivity index (χ2v) is 3.63. The average molecular weight is 218 g/mol. The van der Waals surface area contributed by atoms with Crippen LogP contribution in [0.3, 0.4) is 0 Å². The fourth-order valence-corrected chi connectivity index (χ4v) is 1.63. The van der Waals surface area contributed by atoms with Gasteiger partial charge in [-0.05, 0) is 12.5 Å². The van der Waals surface area contributed by atoms with E-state index in [-0.39, 0.29) is 19.0 Å². The van der Waals surface area contributed by atoms with E-state index in [1.807, 2.05) is 19.1 Å². The summed E-state index contributed by atoms with van der Waals surface area (Å²) in [6.07, 6.45) is -1.33. The van der Waals surface area contributed by atoms with Crippen molar-refractivity contribution in [2.45, 2.75) is 18.8 Å². The highest BCUT2D eigenvalue weighted by molar-refractivity contribution is 5.85. The van der Waals surface area contributed by atoms with E-state index in [1.165, 1.54) is 0 Å². The van der Waals surface area contributed by atoms with E-state index in [0.29, 0.717) is 5.56 Å². The lowest BCUT2D eigenvalue weighted by Crippen LogP contribution is -2.42. The number of alkyl halides is 1. The second kappa shape index (κ2) is 3.85.